The molecule has 15 heavy (non-hydrogen) atoms. The minimum absolute atomic E-state index is 0.262. The highest BCUT2D eigenvalue weighted by Crippen LogP contribution is 2.23. The Morgan fingerprint density at radius 1 is 1.33 bits per heavy atom. The largest absolute Gasteiger partial charge is 0.306 e. The summed E-state index contributed by atoms with van der Waals surface area (Å²) in [6, 6.07) is 0. The standard InChI is InChI=1S/C13H20FN/c1-4-13(14)6-5-11(2)12-7-9-15(3)10-8-12/h4-6,12H,1,7-10H2,2-3H3/b11-5+,13-6+. The Bertz CT molecular complexity index is 270. The topological polar surface area (TPSA) is 3.24 Å². The van der Waals surface area contributed by atoms with Crippen LogP contribution in [0.5, 0.6) is 0 Å². The van der Waals surface area contributed by atoms with Crippen molar-refractivity contribution in [3.63, 3.8) is 0 Å². The highest BCUT2D eigenvalue weighted by atomic mass is 19.1. The molecule has 1 fully saturated rings. The third-order valence-corrected chi connectivity index (χ3v) is 3.06. The predicted molar refractivity (Wildman–Crippen MR) is 63.4 cm³/mol. The van der Waals surface area contributed by atoms with Crippen molar-refractivity contribution in [3.05, 3.63) is 36.2 Å². The second kappa shape index (κ2) is 5.86. The van der Waals surface area contributed by atoms with Gasteiger partial charge in [-0.1, -0.05) is 18.2 Å². The molecule has 0 N–H and O–H groups in total. The summed E-state index contributed by atoms with van der Waals surface area (Å²) in [7, 11) is 2.15. The number of piperidine rings is 1. The summed E-state index contributed by atoms with van der Waals surface area (Å²) in [5.74, 6) is 0.359. The average molecular weight is 209 g/mol. The number of hydrogen-bond donors (Lipinski definition) is 0. The molecule has 0 radical (unpaired) electrons. The Hall–Kier alpha value is -0.890. The van der Waals surface area contributed by atoms with E-state index in [2.05, 4.69) is 25.5 Å². The zero-order chi connectivity index (χ0) is 11.3. The number of rotatable bonds is 3. The van der Waals surface area contributed by atoms with E-state index in [1.54, 1.807) is 0 Å². The van der Waals surface area contributed by atoms with Crippen LogP contribution in [0, 0.1) is 5.92 Å². The first-order valence-corrected chi connectivity index (χ1v) is 5.48. The molecule has 0 saturated carbocycles. The van der Waals surface area contributed by atoms with E-state index in [0.717, 1.165) is 13.1 Å². The normalized spacial score (nSPS) is 21.8. The number of hydrogen-bond acceptors (Lipinski definition) is 1. The van der Waals surface area contributed by atoms with Crippen molar-refractivity contribution in [1.82, 2.24) is 4.90 Å². The highest BCUT2D eigenvalue weighted by Gasteiger charge is 2.17. The van der Waals surface area contributed by atoms with Gasteiger partial charge in [0.05, 0.1) is 0 Å². The van der Waals surface area contributed by atoms with Gasteiger partial charge in [-0.25, -0.2) is 4.39 Å². The van der Waals surface area contributed by atoms with Crippen molar-refractivity contribution >= 4 is 0 Å². The van der Waals surface area contributed by atoms with Crippen LogP contribution in [-0.2, 0) is 0 Å². The molecule has 84 valence electrons. The molecule has 1 saturated heterocycles. The summed E-state index contributed by atoms with van der Waals surface area (Å²) in [5, 5.41) is 0. The molecule has 0 aromatic heterocycles. The summed E-state index contributed by atoms with van der Waals surface area (Å²) in [5.41, 5.74) is 1.28. The zero-order valence-electron chi connectivity index (χ0n) is 9.67. The van der Waals surface area contributed by atoms with E-state index in [9.17, 15) is 4.39 Å². The van der Waals surface area contributed by atoms with Crippen LogP contribution in [0.15, 0.2) is 36.2 Å². The van der Waals surface area contributed by atoms with E-state index in [-0.39, 0.29) is 5.83 Å². The van der Waals surface area contributed by atoms with Crippen molar-refractivity contribution in [2.75, 3.05) is 20.1 Å². The van der Waals surface area contributed by atoms with Crippen LogP contribution in [0.3, 0.4) is 0 Å². The molecule has 1 heterocycles. The van der Waals surface area contributed by atoms with Gasteiger partial charge in [-0.3, -0.25) is 0 Å². The number of halogens is 1. The third kappa shape index (κ3) is 4.00. The SMILES string of the molecule is C=C/C(F)=C\C=C(/C)C1CCN(C)CC1. The lowest BCUT2D eigenvalue weighted by Crippen LogP contribution is -2.30. The van der Waals surface area contributed by atoms with Gasteiger partial charge in [0.15, 0.2) is 0 Å². The van der Waals surface area contributed by atoms with E-state index in [1.807, 2.05) is 6.08 Å². The van der Waals surface area contributed by atoms with Gasteiger partial charge in [0.2, 0.25) is 0 Å². The maximum atomic E-state index is 12.8. The first-order chi connectivity index (χ1) is 7.13. The Labute approximate surface area is 92.0 Å². The number of allylic oxidation sites excluding steroid dienone is 5. The molecule has 2 heteroatoms. The lowest BCUT2D eigenvalue weighted by Gasteiger charge is -2.29. The quantitative estimate of drug-likeness (QED) is 0.644. The van der Waals surface area contributed by atoms with Crippen LogP contribution in [0.1, 0.15) is 19.8 Å². The molecule has 1 aliphatic rings. The molecule has 0 aromatic rings. The van der Waals surface area contributed by atoms with Crippen molar-refractivity contribution in [2.45, 2.75) is 19.8 Å². The Balaban J connectivity index is 2.53. The van der Waals surface area contributed by atoms with Crippen molar-refractivity contribution in [3.8, 4) is 0 Å². The molecule has 0 aromatic carbocycles. The van der Waals surface area contributed by atoms with Gasteiger partial charge in [0.1, 0.15) is 5.83 Å². The Morgan fingerprint density at radius 2 is 1.93 bits per heavy atom. The van der Waals surface area contributed by atoms with E-state index in [0.29, 0.717) is 5.92 Å². The molecule has 0 spiro atoms. The number of nitrogens with zero attached hydrogens (tertiary/aromatic N) is 1. The lowest BCUT2D eigenvalue weighted by molar-refractivity contribution is 0.238. The van der Waals surface area contributed by atoms with Gasteiger partial charge < -0.3 is 4.90 Å². The summed E-state index contributed by atoms with van der Waals surface area (Å²) in [6.45, 7) is 7.75. The van der Waals surface area contributed by atoms with Crippen LogP contribution < -0.4 is 0 Å². The van der Waals surface area contributed by atoms with Gasteiger partial charge in [-0.15, -0.1) is 0 Å². The molecule has 0 atom stereocenters. The van der Waals surface area contributed by atoms with E-state index < -0.39 is 0 Å². The maximum absolute atomic E-state index is 12.8. The molecule has 0 unspecified atom stereocenters. The second-order valence-corrected chi connectivity index (χ2v) is 4.24. The van der Waals surface area contributed by atoms with Crippen LogP contribution in [0.4, 0.5) is 4.39 Å². The minimum Gasteiger partial charge on any atom is -0.306 e. The predicted octanol–water partition coefficient (Wildman–Crippen LogP) is 3.31. The van der Waals surface area contributed by atoms with Crippen molar-refractivity contribution in [1.29, 1.82) is 0 Å². The summed E-state index contributed by atoms with van der Waals surface area (Å²) >= 11 is 0. The molecule has 1 nitrogen and oxygen atoms in total. The monoisotopic (exact) mass is 209 g/mol. The fourth-order valence-electron chi connectivity index (χ4n) is 1.88. The van der Waals surface area contributed by atoms with Crippen molar-refractivity contribution in [2.24, 2.45) is 5.92 Å². The second-order valence-electron chi connectivity index (χ2n) is 4.24. The molecule has 0 bridgehead atoms. The zero-order valence-corrected chi connectivity index (χ0v) is 9.67. The lowest BCUT2D eigenvalue weighted by atomic mass is 9.90. The Morgan fingerprint density at radius 3 is 2.47 bits per heavy atom. The van der Waals surface area contributed by atoms with Gasteiger partial charge in [0, 0.05) is 0 Å². The van der Waals surface area contributed by atoms with Gasteiger partial charge in [-0.05, 0) is 58.0 Å². The van der Waals surface area contributed by atoms with Gasteiger partial charge in [-0.2, -0.15) is 0 Å². The first-order valence-electron chi connectivity index (χ1n) is 5.48. The molecular formula is C13H20FN. The fourth-order valence-corrected chi connectivity index (χ4v) is 1.88. The van der Waals surface area contributed by atoms with Crippen molar-refractivity contribution < 1.29 is 4.39 Å². The number of likely N-dealkylation sites (tertiary alicyclic amines) is 1. The maximum Gasteiger partial charge on any atom is 0.122 e. The molecule has 1 rings (SSSR count). The average Bonchev–Trinajstić information content (AvgIpc) is 2.26. The first kappa shape index (κ1) is 12.2. The smallest absolute Gasteiger partial charge is 0.122 e. The van der Waals surface area contributed by atoms with Gasteiger partial charge in [0.25, 0.3) is 0 Å². The van der Waals surface area contributed by atoms with E-state index in [1.165, 1.54) is 30.6 Å². The summed E-state index contributed by atoms with van der Waals surface area (Å²) in [6.07, 6.45) is 6.98. The molecule has 1 aliphatic heterocycles. The third-order valence-electron chi connectivity index (χ3n) is 3.06. The van der Waals surface area contributed by atoms with Crippen LogP contribution >= 0.6 is 0 Å². The fraction of sp³-hybridized carbons (Fsp3) is 0.538. The van der Waals surface area contributed by atoms with E-state index >= 15 is 0 Å². The van der Waals surface area contributed by atoms with E-state index in [4.69, 9.17) is 0 Å². The minimum atomic E-state index is -0.262. The summed E-state index contributed by atoms with van der Waals surface area (Å²) < 4.78 is 12.8. The van der Waals surface area contributed by atoms with Crippen LogP contribution in [0.25, 0.3) is 0 Å². The van der Waals surface area contributed by atoms with Crippen LogP contribution in [-0.4, -0.2) is 25.0 Å². The molecule has 0 amide bonds. The van der Waals surface area contributed by atoms with Gasteiger partial charge >= 0.3 is 0 Å². The summed E-state index contributed by atoms with van der Waals surface area (Å²) in [4.78, 5) is 2.34. The molecule has 0 aliphatic carbocycles. The highest BCUT2D eigenvalue weighted by molar-refractivity contribution is 5.20. The Kier molecular flexibility index (Phi) is 4.76. The molecular weight excluding hydrogens is 189 g/mol. The van der Waals surface area contributed by atoms with Crippen LogP contribution in [0.2, 0.25) is 0 Å².